The highest BCUT2D eigenvalue weighted by atomic mass is 32.1. The molecule has 19 heavy (non-hydrogen) atoms. The SMILES string of the molecule is Cc1csc(NN=Cc2ccc3cn(C)nc3c2)n1. The van der Waals surface area contributed by atoms with Crippen LogP contribution >= 0.6 is 11.3 Å². The van der Waals surface area contributed by atoms with Crippen LogP contribution in [0.15, 0.2) is 34.9 Å². The standard InChI is InChI=1S/C13H13N5S/c1-9-8-19-13(15-9)16-14-6-10-3-4-11-7-18(2)17-12(11)5-10/h3-8H,1-2H3,(H,15,16). The Bertz CT molecular complexity index is 740. The van der Waals surface area contributed by atoms with Crippen molar-refractivity contribution in [3.05, 3.63) is 41.0 Å². The van der Waals surface area contributed by atoms with Gasteiger partial charge >= 0.3 is 0 Å². The minimum absolute atomic E-state index is 0.799. The van der Waals surface area contributed by atoms with Crippen LogP contribution in [-0.2, 0) is 7.05 Å². The average molecular weight is 271 g/mol. The summed E-state index contributed by atoms with van der Waals surface area (Å²) < 4.78 is 1.81. The van der Waals surface area contributed by atoms with Crippen molar-refractivity contribution >= 4 is 33.6 Å². The highest BCUT2D eigenvalue weighted by Crippen LogP contribution is 2.15. The molecule has 0 amide bonds. The van der Waals surface area contributed by atoms with Gasteiger partial charge in [0.15, 0.2) is 0 Å². The van der Waals surface area contributed by atoms with Crippen molar-refractivity contribution in [3.63, 3.8) is 0 Å². The fraction of sp³-hybridized carbons (Fsp3) is 0.154. The van der Waals surface area contributed by atoms with E-state index in [-0.39, 0.29) is 0 Å². The molecule has 0 spiro atoms. The van der Waals surface area contributed by atoms with Gasteiger partial charge in [0.25, 0.3) is 0 Å². The third-order valence-electron chi connectivity index (χ3n) is 2.64. The van der Waals surface area contributed by atoms with Gasteiger partial charge in [-0.1, -0.05) is 12.1 Å². The second kappa shape index (κ2) is 4.81. The Kier molecular flexibility index (Phi) is 3.00. The summed E-state index contributed by atoms with van der Waals surface area (Å²) in [5.41, 5.74) is 5.89. The van der Waals surface area contributed by atoms with Gasteiger partial charge in [0.2, 0.25) is 5.13 Å². The van der Waals surface area contributed by atoms with E-state index >= 15 is 0 Å². The van der Waals surface area contributed by atoms with Crippen LogP contribution in [-0.4, -0.2) is 21.0 Å². The third-order valence-corrected chi connectivity index (χ3v) is 3.50. The Morgan fingerprint density at radius 1 is 1.42 bits per heavy atom. The van der Waals surface area contributed by atoms with Crippen molar-refractivity contribution < 1.29 is 0 Å². The Labute approximate surface area is 114 Å². The number of thiazole rings is 1. The van der Waals surface area contributed by atoms with Crippen molar-refractivity contribution in [2.75, 3.05) is 5.43 Å². The second-order valence-electron chi connectivity index (χ2n) is 4.29. The third kappa shape index (κ3) is 2.63. The predicted molar refractivity (Wildman–Crippen MR) is 78.8 cm³/mol. The highest BCUT2D eigenvalue weighted by Gasteiger charge is 1.99. The normalized spacial score (nSPS) is 11.5. The summed E-state index contributed by atoms with van der Waals surface area (Å²) in [4.78, 5) is 4.27. The molecule has 96 valence electrons. The molecule has 2 aromatic heterocycles. The lowest BCUT2D eigenvalue weighted by Crippen LogP contribution is -1.90. The largest absolute Gasteiger partial charge is 0.275 e. The zero-order valence-electron chi connectivity index (χ0n) is 10.7. The molecule has 1 aromatic carbocycles. The van der Waals surface area contributed by atoms with E-state index in [1.54, 1.807) is 6.21 Å². The van der Waals surface area contributed by atoms with Gasteiger partial charge < -0.3 is 0 Å². The van der Waals surface area contributed by atoms with Crippen LogP contribution in [0.1, 0.15) is 11.3 Å². The first-order valence-corrected chi connectivity index (χ1v) is 6.73. The number of fused-ring (bicyclic) bond motifs is 1. The summed E-state index contributed by atoms with van der Waals surface area (Å²) in [5, 5.41) is 12.5. The van der Waals surface area contributed by atoms with Crippen molar-refractivity contribution in [1.82, 2.24) is 14.8 Å². The van der Waals surface area contributed by atoms with Gasteiger partial charge in [-0.25, -0.2) is 4.98 Å². The molecule has 0 aliphatic rings. The monoisotopic (exact) mass is 271 g/mol. The highest BCUT2D eigenvalue weighted by molar-refractivity contribution is 7.13. The molecule has 0 unspecified atom stereocenters. The fourth-order valence-electron chi connectivity index (χ4n) is 1.80. The zero-order valence-corrected chi connectivity index (χ0v) is 11.5. The van der Waals surface area contributed by atoms with Crippen molar-refractivity contribution in [2.45, 2.75) is 6.92 Å². The van der Waals surface area contributed by atoms with E-state index in [0.717, 1.165) is 27.3 Å². The molecule has 0 saturated heterocycles. The maximum absolute atomic E-state index is 4.37. The maximum Gasteiger partial charge on any atom is 0.203 e. The van der Waals surface area contributed by atoms with Gasteiger partial charge in [-0.3, -0.25) is 10.1 Å². The number of hydrogen-bond acceptors (Lipinski definition) is 5. The number of anilines is 1. The van der Waals surface area contributed by atoms with E-state index < -0.39 is 0 Å². The van der Waals surface area contributed by atoms with Gasteiger partial charge in [0.1, 0.15) is 0 Å². The van der Waals surface area contributed by atoms with E-state index in [1.807, 2.05) is 48.4 Å². The van der Waals surface area contributed by atoms with Crippen molar-refractivity contribution in [2.24, 2.45) is 12.1 Å². The number of aromatic nitrogens is 3. The summed E-state index contributed by atoms with van der Waals surface area (Å²) in [6, 6.07) is 6.06. The molecule has 3 aromatic rings. The Morgan fingerprint density at radius 3 is 3.11 bits per heavy atom. The van der Waals surface area contributed by atoms with Crippen LogP contribution in [0.25, 0.3) is 10.9 Å². The van der Waals surface area contributed by atoms with Crippen LogP contribution in [0.4, 0.5) is 5.13 Å². The topological polar surface area (TPSA) is 55.1 Å². The van der Waals surface area contributed by atoms with E-state index in [1.165, 1.54) is 11.3 Å². The molecule has 6 heteroatoms. The van der Waals surface area contributed by atoms with Gasteiger partial charge in [-0.2, -0.15) is 10.2 Å². The molecule has 5 nitrogen and oxygen atoms in total. The summed E-state index contributed by atoms with van der Waals surface area (Å²) in [6.45, 7) is 1.96. The first-order chi connectivity index (χ1) is 9.20. The maximum atomic E-state index is 4.37. The molecule has 0 fully saturated rings. The van der Waals surface area contributed by atoms with Gasteiger partial charge in [0.05, 0.1) is 17.4 Å². The second-order valence-corrected chi connectivity index (χ2v) is 5.14. The lowest BCUT2D eigenvalue weighted by atomic mass is 10.2. The number of nitrogens with zero attached hydrogens (tertiary/aromatic N) is 4. The molecule has 0 radical (unpaired) electrons. The summed E-state index contributed by atoms with van der Waals surface area (Å²) in [6.07, 6.45) is 3.76. The van der Waals surface area contributed by atoms with Gasteiger partial charge in [-0.15, -0.1) is 11.3 Å². The number of hydrazone groups is 1. The smallest absolute Gasteiger partial charge is 0.203 e. The van der Waals surface area contributed by atoms with Gasteiger partial charge in [-0.05, 0) is 18.6 Å². The molecule has 3 rings (SSSR count). The number of aryl methyl sites for hydroxylation is 2. The minimum Gasteiger partial charge on any atom is -0.275 e. The van der Waals surface area contributed by atoms with Crippen LogP contribution in [0, 0.1) is 6.92 Å². The Morgan fingerprint density at radius 2 is 2.32 bits per heavy atom. The minimum atomic E-state index is 0.799. The molecule has 0 atom stereocenters. The molecule has 1 N–H and O–H groups in total. The molecule has 0 bridgehead atoms. The molecular formula is C13H13N5S. The molecule has 2 heterocycles. The van der Waals surface area contributed by atoms with Crippen LogP contribution in [0.3, 0.4) is 0 Å². The lowest BCUT2D eigenvalue weighted by Gasteiger charge is -1.94. The van der Waals surface area contributed by atoms with Crippen LogP contribution in [0.2, 0.25) is 0 Å². The summed E-state index contributed by atoms with van der Waals surface area (Å²) in [5.74, 6) is 0. The van der Waals surface area contributed by atoms with E-state index in [2.05, 4.69) is 20.6 Å². The fourth-order valence-corrected chi connectivity index (χ4v) is 2.44. The summed E-state index contributed by atoms with van der Waals surface area (Å²) >= 11 is 1.54. The molecule has 0 saturated carbocycles. The first kappa shape index (κ1) is 11.9. The lowest BCUT2D eigenvalue weighted by molar-refractivity contribution is 0.780. The Hall–Kier alpha value is -2.21. The number of nitrogens with one attached hydrogen (secondary N) is 1. The Balaban J connectivity index is 1.77. The molecular weight excluding hydrogens is 258 g/mol. The number of hydrogen-bond donors (Lipinski definition) is 1. The first-order valence-electron chi connectivity index (χ1n) is 5.85. The van der Waals surface area contributed by atoms with Crippen molar-refractivity contribution in [1.29, 1.82) is 0 Å². The average Bonchev–Trinajstić information content (AvgIpc) is 2.94. The van der Waals surface area contributed by atoms with Crippen LogP contribution < -0.4 is 5.43 Å². The number of rotatable bonds is 3. The summed E-state index contributed by atoms with van der Waals surface area (Å²) in [7, 11) is 1.92. The zero-order chi connectivity index (χ0) is 13.2. The van der Waals surface area contributed by atoms with E-state index in [0.29, 0.717) is 0 Å². The van der Waals surface area contributed by atoms with Crippen LogP contribution in [0.5, 0.6) is 0 Å². The predicted octanol–water partition coefficient (Wildman–Crippen LogP) is 2.78. The molecule has 0 aliphatic carbocycles. The van der Waals surface area contributed by atoms with E-state index in [4.69, 9.17) is 0 Å². The quantitative estimate of drug-likeness (QED) is 0.588. The van der Waals surface area contributed by atoms with Crippen molar-refractivity contribution in [3.8, 4) is 0 Å². The molecule has 0 aliphatic heterocycles. The number of benzene rings is 1. The van der Waals surface area contributed by atoms with Gasteiger partial charge in [0, 0.05) is 24.0 Å². The van der Waals surface area contributed by atoms with E-state index in [9.17, 15) is 0 Å².